The van der Waals surface area contributed by atoms with Crippen LogP contribution in [0.1, 0.15) is 37.0 Å². The summed E-state index contributed by atoms with van der Waals surface area (Å²) in [6.45, 7) is 7.48. The first-order chi connectivity index (χ1) is 9.09. The number of ether oxygens (including phenoxy) is 1. The minimum Gasteiger partial charge on any atom is -0.458 e. The van der Waals surface area contributed by atoms with Gasteiger partial charge in [0.15, 0.2) is 0 Å². The van der Waals surface area contributed by atoms with E-state index < -0.39 is 5.41 Å². The minimum absolute atomic E-state index is 0.0290. The van der Waals surface area contributed by atoms with E-state index in [-0.39, 0.29) is 18.7 Å². The molecule has 0 heterocycles. The molecule has 0 saturated carbocycles. The summed E-state index contributed by atoms with van der Waals surface area (Å²) >= 11 is 0. The quantitative estimate of drug-likeness (QED) is 0.606. The molecule has 19 heavy (non-hydrogen) atoms. The Kier molecular flexibility index (Phi) is 5.77. The first kappa shape index (κ1) is 15.4. The van der Waals surface area contributed by atoms with Crippen LogP contribution in [0.15, 0.2) is 43.0 Å². The van der Waals surface area contributed by atoms with E-state index in [0.717, 1.165) is 6.42 Å². The zero-order valence-electron chi connectivity index (χ0n) is 11.6. The van der Waals surface area contributed by atoms with Crippen LogP contribution >= 0.6 is 0 Å². The number of carbonyl (C=O) groups is 1. The highest BCUT2D eigenvalue weighted by atomic mass is 16.5. The fourth-order valence-corrected chi connectivity index (χ4v) is 2.12. The van der Waals surface area contributed by atoms with Crippen LogP contribution in [0.2, 0.25) is 0 Å². The molecule has 0 bridgehead atoms. The van der Waals surface area contributed by atoms with Gasteiger partial charge in [-0.25, -0.2) is 4.79 Å². The molecule has 1 rings (SSSR count). The van der Waals surface area contributed by atoms with Crippen molar-refractivity contribution in [3.63, 3.8) is 0 Å². The topological polar surface area (TPSA) is 46.5 Å². The molecule has 1 N–H and O–H groups in total. The molecule has 0 aliphatic carbocycles. The van der Waals surface area contributed by atoms with Gasteiger partial charge < -0.3 is 9.84 Å². The van der Waals surface area contributed by atoms with Crippen molar-refractivity contribution < 1.29 is 14.6 Å². The van der Waals surface area contributed by atoms with Crippen molar-refractivity contribution in [1.82, 2.24) is 0 Å². The summed E-state index contributed by atoms with van der Waals surface area (Å²) in [5, 5.41) is 9.62. The number of allylic oxidation sites excluding steroid dienone is 1. The summed E-state index contributed by atoms with van der Waals surface area (Å²) in [4.78, 5) is 12.0. The summed E-state index contributed by atoms with van der Waals surface area (Å²) in [5.74, 6) is -0.358. The van der Waals surface area contributed by atoms with Gasteiger partial charge in [0.05, 0.1) is 12.2 Å². The van der Waals surface area contributed by atoms with Gasteiger partial charge in [-0.2, -0.15) is 0 Å². The van der Waals surface area contributed by atoms with E-state index in [1.807, 2.05) is 19.9 Å². The normalized spacial score (nSPS) is 15.3. The van der Waals surface area contributed by atoms with Gasteiger partial charge in [0.25, 0.3) is 0 Å². The molecule has 0 amide bonds. The zero-order valence-corrected chi connectivity index (χ0v) is 11.6. The van der Waals surface area contributed by atoms with Gasteiger partial charge in [-0.1, -0.05) is 31.2 Å². The number of esters is 1. The second-order valence-corrected chi connectivity index (χ2v) is 4.78. The predicted octanol–water partition coefficient (Wildman–Crippen LogP) is 3.20. The van der Waals surface area contributed by atoms with Gasteiger partial charge in [0, 0.05) is 5.41 Å². The lowest BCUT2D eigenvalue weighted by molar-refractivity contribution is -0.0348. The summed E-state index contributed by atoms with van der Waals surface area (Å²) < 4.78 is 5.49. The first-order valence-corrected chi connectivity index (χ1v) is 6.57. The van der Waals surface area contributed by atoms with E-state index in [9.17, 15) is 9.90 Å². The highest BCUT2D eigenvalue weighted by molar-refractivity contribution is 5.89. The standard InChI is InChI=1S/C16H22O3/c1-4-11-16(5-2,12-17)13(3)19-15(18)14-9-7-6-8-10-14/h4,6-10,13,17H,1,5,11-12H2,2-3H3/t13-,16+/m1/s1. The Morgan fingerprint density at radius 1 is 1.47 bits per heavy atom. The summed E-state index contributed by atoms with van der Waals surface area (Å²) in [7, 11) is 0. The summed E-state index contributed by atoms with van der Waals surface area (Å²) in [6.07, 6.45) is 2.72. The minimum atomic E-state index is -0.452. The second-order valence-electron chi connectivity index (χ2n) is 4.78. The molecule has 0 aliphatic heterocycles. The molecule has 1 aromatic carbocycles. The van der Waals surface area contributed by atoms with Crippen molar-refractivity contribution >= 4 is 5.97 Å². The molecule has 3 heteroatoms. The summed E-state index contributed by atoms with van der Waals surface area (Å²) in [6, 6.07) is 8.88. The average Bonchev–Trinajstić information content (AvgIpc) is 2.45. The van der Waals surface area contributed by atoms with Crippen LogP contribution in [0, 0.1) is 5.41 Å². The van der Waals surface area contributed by atoms with Crippen LogP contribution in [0.3, 0.4) is 0 Å². The molecular weight excluding hydrogens is 240 g/mol. The zero-order chi connectivity index (χ0) is 14.3. The maximum absolute atomic E-state index is 12.0. The van der Waals surface area contributed by atoms with Gasteiger partial charge in [0.2, 0.25) is 0 Å². The van der Waals surface area contributed by atoms with Crippen LogP contribution in [0.5, 0.6) is 0 Å². The molecular formula is C16H22O3. The number of hydrogen-bond acceptors (Lipinski definition) is 3. The number of benzene rings is 1. The number of carbonyl (C=O) groups excluding carboxylic acids is 1. The largest absolute Gasteiger partial charge is 0.458 e. The maximum atomic E-state index is 12.0. The van der Waals surface area contributed by atoms with Gasteiger partial charge in [-0.05, 0) is 31.9 Å². The van der Waals surface area contributed by atoms with Crippen molar-refractivity contribution in [2.75, 3.05) is 6.61 Å². The highest BCUT2D eigenvalue weighted by Gasteiger charge is 2.35. The van der Waals surface area contributed by atoms with E-state index in [2.05, 4.69) is 6.58 Å². The number of rotatable bonds is 7. The monoisotopic (exact) mass is 262 g/mol. The van der Waals surface area contributed by atoms with E-state index in [4.69, 9.17) is 4.74 Å². The lowest BCUT2D eigenvalue weighted by atomic mass is 9.78. The molecule has 0 aromatic heterocycles. The van der Waals surface area contributed by atoms with Gasteiger partial charge in [-0.3, -0.25) is 0 Å². The Hall–Kier alpha value is -1.61. The van der Waals surface area contributed by atoms with E-state index in [1.54, 1.807) is 30.3 Å². The lowest BCUT2D eigenvalue weighted by Crippen LogP contribution is -2.39. The molecule has 0 saturated heterocycles. The van der Waals surface area contributed by atoms with Gasteiger partial charge in [0.1, 0.15) is 6.10 Å². The smallest absolute Gasteiger partial charge is 0.338 e. The van der Waals surface area contributed by atoms with Gasteiger partial charge in [-0.15, -0.1) is 6.58 Å². The molecule has 0 unspecified atom stereocenters. The van der Waals surface area contributed by atoms with Crippen molar-refractivity contribution in [1.29, 1.82) is 0 Å². The van der Waals surface area contributed by atoms with Crippen LogP contribution in [-0.2, 0) is 4.74 Å². The Labute approximate surface area is 114 Å². The second kappa shape index (κ2) is 7.10. The van der Waals surface area contributed by atoms with E-state index in [1.165, 1.54) is 0 Å². The number of aliphatic hydroxyl groups excluding tert-OH is 1. The fourth-order valence-electron chi connectivity index (χ4n) is 2.12. The molecule has 0 aliphatic rings. The SMILES string of the molecule is C=CC[C@@](CC)(CO)[C@@H](C)OC(=O)c1ccccc1. The number of hydrogen-bond donors (Lipinski definition) is 1. The van der Waals surface area contributed by atoms with Gasteiger partial charge >= 0.3 is 5.97 Å². The van der Waals surface area contributed by atoms with Crippen molar-refractivity contribution in [3.05, 3.63) is 48.6 Å². The highest BCUT2D eigenvalue weighted by Crippen LogP contribution is 2.33. The molecule has 0 spiro atoms. The molecule has 0 fully saturated rings. The van der Waals surface area contributed by atoms with Crippen molar-refractivity contribution in [2.24, 2.45) is 5.41 Å². The maximum Gasteiger partial charge on any atom is 0.338 e. The molecule has 3 nitrogen and oxygen atoms in total. The van der Waals surface area contributed by atoms with Crippen LogP contribution < -0.4 is 0 Å². The Balaban J connectivity index is 2.79. The van der Waals surface area contributed by atoms with E-state index >= 15 is 0 Å². The molecule has 1 aromatic rings. The lowest BCUT2D eigenvalue weighted by Gasteiger charge is -2.35. The van der Waals surface area contributed by atoms with Crippen molar-refractivity contribution in [3.8, 4) is 0 Å². The fraction of sp³-hybridized carbons (Fsp3) is 0.438. The third kappa shape index (κ3) is 3.67. The van der Waals surface area contributed by atoms with Crippen molar-refractivity contribution in [2.45, 2.75) is 32.8 Å². The third-order valence-electron chi connectivity index (χ3n) is 3.73. The van der Waals surface area contributed by atoms with Crippen LogP contribution in [0.25, 0.3) is 0 Å². The third-order valence-corrected chi connectivity index (χ3v) is 3.73. The Morgan fingerprint density at radius 2 is 2.11 bits per heavy atom. The van der Waals surface area contributed by atoms with Crippen LogP contribution in [-0.4, -0.2) is 23.8 Å². The van der Waals surface area contributed by atoms with E-state index in [0.29, 0.717) is 12.0 Å². The first-order valence-electron chi connectivity index (χ1n) is 6.57. The molecule has 104 valence electrons. The summed E-state index contributed by atoms with van der Waals surface area (Å²) in [5.41, 5.74) is 0.0718. The Bertz CT molecular complexity index is 407. The Morgan fingerprint density at radius 3 is 2.58 bits per heavy atom. The average molecular weight is 262 g/mol. The van der Waals surface area contributed by atoms with Crippen LogP contribution in [0.4, 0.5) is 0 Å². The molecule has 2 atom stereocenters. The molecule has 0 radical (unpaired) electrons. The number of aliphatic hydroxyl groups is 1. The predicted molar refractivity (Wildman–Crippen MR) is 75.9 cm³/mol.